The molecule has 0 aliphatic heterocycles. The minimum absolute atomic E-state index is 0.126. The van der Waals surface area contributed by atoms with E-state index >= 15 is 0 Å². The summed E-state index contributed by atoms with van der Waals surface area (Å²) in [5.74, 6) is -0.126. The molecule has 3 heteroatoms. The Morgan fingerprint density at radius 1 is 1.35 bits per heavy atom. The van der Waals surface area contributed by atoms with E-state index < -0.39 is 0 Å². The van der Waals surface area contributed by atoms with Crippen molar-refractivity contribution in [1.29, 1.82) is 0 Å². The summed E-state index contributed by atoms with van der Waals surface area (Å²) in [6.07, 6.45) is 1.05. The standard InChI is InChI=1S/C14H23FN2/c1-5-11(3)17(4)14-9-7-8-13(15)12(14)10-16-6-2/h7-9,11,16H,5-6,10H2,1-4H3. The molecule has 0 aliphatic carbocycles. The van der Waals surface area contributed by atoms with Gasteiger partial charge in [-0.3, -0.25) is 0 Å². The molecule has 0 bridgehead atoms. The number of nitrogens with zero attached hydrogens (tertiary/aromatic N) is 1. The molecule has 1 N–H and O–H groups in total. The lowest BCUT2D eigenvalue weighted by Crippen LogP contribution is -2.30. The summed E-state index contributed by atoms with van der Waals surface area (Å²) in [6, 6.07) is 5.71. The predicted molar refractivity (Wildman–Crippen MR) is 71.9 cm³/mol. The summed E-state index contributed by atoms with van der Waals surface area (Å²) in [6.45, 7) is 7.76. The van der Waals surface area contributed by atoms with Crippen molar-refractivity contribution < 1.29 is 4.39 Å². The van der Waals surface area contributed by atoms with Gasteiger partial charge < -0.3 is 10.2 Å². The second kappa shape index (κ2) is 6.60. The maximum Gasteiger partial charge on any atom is 0.129 e. The molecule has 96 valence electrons. The van der Waals surface area contributed by atoms with E-state index in [1.165, 1.54) is 6.07 Å². The maximum absolute atomic E-state index is 13.8. The average molecular weight is 238 g/mol. The minimum Gasteiger partial charge on any atom is -0.372 e. The third-order valence-electron chi connectivity index (χ3n) is 3.28. The van der Waals surface area contributed by atoms with Crippen LogP contribution in [0.5, 0.6) is 0 Å². The molecule has 1 atom stereocenters. The molecule has 0 aromatic heterocycles. The highest BCUT2D eigenvalue weighted by Crippen LogP contribution is 2.24. The van der Waals surface area contributed by atoms with Gasteiger partial charge in [0.15, 0.2) is 0 Å². The largest absolute Gasteiger partial charge is 0.372 e. The van der Waals surface area contributed by atoms with Crippen LogP contribution in [0.25, 0.3) is 0 Å². The van der Waals surface area contributed by atoms with E-state index in [1.54, 1.807) is 6.07 Å². The van der Waals surface area contributed by atoms with E-state index in [1.807, 2.05) is 20.0 Å². The summed E-state index contributed by atoms with van der Waals surface area (Å²) in [4.78, 5) is 2.15. The monoisotopic (exact) mass is 238 g/mol. The Kier molecular flexibility index (Phi) is 5.42. The fraction of sp³-hybridized carbons (Fsp3) is 0.571. The second-order valence-corrected chi connectivity index (χ2v) is 4.39. The van der Waals surface area contributed by atoms with Gasteiger partial charge in [0.2, 0.25) is 0 Å². The van der Waals surface area contributed by atoms with Gasteiger partial charge >= 0.3 is 0 Å². The molecule has 1 rings (SSSR count). The first-order valence-electron chi connectivity index (χ1n) is 6.32. The van der Waals surface area contributed by atoms with Crippen molar-refractivity contribution >= 4 is 5.69 Å². The summed E-state index contributed by atoms with van der Waals surface area (Å²) in [5.41, 5.74) is 1.75. The van der Waals surface area contributed by atoms with Gasteiger partial charge in [0.25, 0.3) is 0 Å². The van der Waals surface area contributed by atoms with Crippen LogP contribution in [-0.4, -0.2) is 19.6 Å². The molecular formula is C14H23FN2. The van der Waals surface area contributed by atoms with E-state index in [2.05, 4.69) is 24.1 Å². The number of hydrogen-bond acceptors (Lipinski definition) is 2. The normalized spacial score (nSPS) is 12.5. The summed E-state index contributed by atoms with van der Waals surface area (Å²) >= 11 is 0. The summed E-state index contributed by atoms with van der Waals surface area (Å²) in [5, 5.41) is 3.19. The molecule has 2 nitrogen and oxygen atoms in total. The van der Waals surface area contributed by atoms with Crippen LogP contribution in [0.3, 0.4) is 0 Å². The predicted octanol–water partition coefficient (Wildman–Crippen LogP) is 3.17. The number of anilines is 1. The summed E-state index contributed by atoms with van der Waals surface area (Å²) < 4.78 is 13.8. The van der Waals surface area contributed by atoms with Gasteiger partial charge in [-0.05, 0) is 32.0 Å². The zero-order chi connectivity index (χ0) is 12.8. The van der Waals surface area contributed by atoms with Crippen molar-refractivity contribution in [3.63, 3.8) is 0 Å². The van der Waals surface area contributed by atoms with Crippen LogP contribution in [-0.2, 0) is 6.54 Å². The lowest BCUT2D eigenvalue weighted by atomic mass is 10.1. The van der Waals surface area contributed by atoms with Crippen LogP contribution in [0.1, 0.15) is 32.8 Å². The molecule has 0 amide bonds. The lowest BCUT2D eigenvalue weighted by molar-refractivity contribution is 0.586. The Bertz CT molecular complexity index is 352. The lowest BCUT2D eigenvalue weighted by Gasteiger charge is -2.28. The van der Waals surface area contributed by atoms with Crippen LogP contribution >= 0.6 is 0 Å². The second-order valence-electron chi connectivity index (χ2n) is 4.39. The number of halogens is 1. The smallest absolute Gasteiger partial charge is 0.129 e. The molecule has 17 heavy (non-hydrogen) atoms. The van der Waals surface area contributed by atoms with Crippen molar-refractivity contribution in [3.8, 4) is 0 Å². The number of hydrogen-bond donors (Lipinski definition) is 1. The Hall–Kier alpha value is -1.09. The SMILES string of the molecule is CCNCc1c(F)cccc1N(C)C(C)CC. The molecule has 0 saturated carbocycles. The van der Waals surface area contributed by atoms with Crippen molar-refractivity contribution in [2.24, 2.45) is 0 Å². The van der Waals surface area contributed by atoms with Crippen molar-refractivity contribution in [2.45, 2.75) is 39.8 Å². The summed E-state index contributed by atoms with van der Waals surface area (Å²) in [7, 11) is 2.03. The third kappa shape index (κ3) is 3.43. The van der Waals surface area contributed by atoms with Gasteiger partial charge in [-0.15, -0.1) is 0 Å². The topological polar surface area (TPSA) is 15.3 Å². The van der Waals surface area contributed by atoms with Crippen molar-refractivity contribution in [1.82, 2.24) is 5.32 Å². The van der Waals surface area contributed by atoms with E-state index in [9.17, 15) is 4.39 Å². The Morgan fingerprint density at radius 3 is 2.65 bits per heavy atom. The quantitative estimate of drug-likeness (QED) is 0.819. The van der Waals surface area contributed by atoms with Crippen LogP contribution in [0.4, 0.5) is 10.1 Å². The van der Waals surface area contributed by atoms with Gasteiger partial charge in [0.05, 0.1) is 0 Å². The van der Waals surface area contributed by atoms with Crippen LogP contribution < -0.4 is 10.2 Å². The highest BCUT2D eigenvalue weighted by Gasteiger charge is 2.14. The molecule has 0 saturated heterocycles. The fourth-order valence-corrected chi connectivity index (χ4v) is 1.81. The highest BCUT2D eigenvalue weighted by molar-refractivity contribution is 5.54. The molecular weight excluding hydrogens is 215 g/mol. The molecule has 0 heterocycles. The van der Waals surface area contributed by atoms with Gasteiger partial charge in [-0.1, -0.05) is 19.9 Å². The van der Waals surface area contributed by atoms with Gasteiger partial charge in [0.1, 0.15) is 5.82 Å². The molecule has 0 spiro atoms. The Morgan fingerprint density at radius 2 is 2.06 bits per heavy atom. The first kappa shape index (κ1) is 14.0. The van der Waals surface area contributed by atoms with Crippen molar-refractivity contribution in [2.75, 3.05) is 18.5 Å². The Labute approximate surface area is 104 Å². The number of benzene rings is 1. The molecule has 0 radical (unpaired) electrons. The van der Waals surface area contributed by atoms with Crippen LogP contribution in [0.2, 0.25) is 0 Å². The molecule has 1 aromatic rings. The fourth-order valence-electron chi connectivity index (χ4n) is 1.81. The van der Waals surface area contributed by atoms with E-state index in [0.29, 0.717) is 12.6 Å². The Balaban J connectivity index is 3.00. The van der Waals surface area contributed by atoms with Crippen molar-refractivity contribution in [3.05, 3.63) is 29.6 Å². The van der Waals surface area contributed by atoms with Crippen LogP contribution in [0.15, 0.2) is 18.2 Å². The highest BCUT2D eigenvalue weighted by atomic mass is 19.1. The molecule has 1 aromatic carbocycles. The number of rotatable bonds is 6. The molecule has 0 aliphatic rings. The average Bonchev–Trinajstić information content (AvgIpc) is 2.35. The van der Waals surface area contributed by atoms with E-state index in [-0.39, 0.29) is 5.82 Å². The first-order chi connectivity index (χ1) is 8.11. The van der Waals surface area contributed by atoms with Crippen LogP contribution in [0, 0.1) is 5.82 Å². The van der Waals surface area contributed by atoms with Gasteiger partial charge in [-0.2, -0.15) is 0 Å². The number of nitrogens with one attached hydrogen (secondary N) is 1. The van der Waals surface area contributed by atoms with Gasteiger partial charge in [-0.25, -0.2) is 4.39 Å². The van der Waals surface area contributed by atoms with E-state index in [0.717, 1.165) is 24.2 Å². The van der Waals surface area contributed by atoms with Gasteiger partial charge in [0, 0.05) is 30.9 Å². The first-order valence-corrected chi connectivity index (χ1v) is 6.32. The zero-order valence-corrected chi connectivity index (χ0v) is 11.3. The molecule has 0 fully saturated rings. The maximum atomic E-state index is 13.8. The third-order valence-corrected chi connectivity index (χ3v) is 3.28. The van der Waals surface area contributed by atoms with E-state index in [4.69, 9.17) is 0 Å². The molecule has 1 unspecified atom stereocenters. The minimum atomic E-state index is -0.126. The zero-order valence-electron chi connectivity index (χ0n) is 11.3.